The van der Waals surface area contributed by atoms with E-state index in [1.807, 2.05) is 6.07 Å². The van der Waals surface area contributed by atoms with Crippen LogP contribution in [0.4, 0.5) is 5.69 Å². The highest BCUT2D eigenvalue weighted by Crippen LogP contribution is 2.31. The molecule has 1 unspecified atom stereocenters. The topological polar surface area (TPSA) is 56.8 Å². The molecule has 114 valence electrons. The summed E-state index contributed by atoms with van der Waals surface area (Å²) in [5.74, 6) is 1.03. The monoisotopic (exact) mass is 291 g/mol. The lowest BCUT2D eigenvalue weighted by molar-refractivity contribution is -0.898. The molecular formula is C16H23N2O3+. The summed E-state index contributed by atoms with van der Waals surface area (Å²) in [6, 6.07) is 5.12. The largest absolute Gasteiger partial charge is 0.490 e. The number of nitro benzene ring substituents is 1. The van der Waals surface area contributed by atoms with Gasteiger partial charge in [-0.15, -0.1) is 0 Å². The van der Waals surface area contributed by atoms with Gasteiger partial charge < -0.3 is 9.64 Å². The van der Waals surface area contributed by atoms with Crippen LogP contribution in [0.5, 0.6) is 5.75 Å². The second-order valence-electron chi connectivity index (χ2n) is 5.93. The van der Waals surface area contributed by atoms with E-state index < -0.39 is 4.92 Å². The molecule has 0 fully saturated rings. The molecule has 0 saturated heterocycles. The van der Waals surface area contributed by atoms with Crippen molar-refractivity contribution in [1.82, 2.24) is 0 Å². The second kappa shape index (κ2) is 6.72. The van der Waals surface area contributed by atoms with E-state index in [9.17, 15) is 10.1 Å². The van der Waals surface area contributed by atoms with Gasteiger partial charge in [-0.25, -0.2) is 0 Å². The van der Waals surface area contributed by atoms with E-state index in [0.29, 0.717) is 11.7 Å². The molecule has 2 rings (SSSR count). The molecule has 0 aromatic heterocycles. The van der Waals surface area contributed by atoms with E-state index in [-0.39, 0.29) is 5.69 Å². The first-order chi connectivity index (χ1) is 10.0. The molecule has 1 aliphatic heterocycles. The Bertz CT molecular complexity index is 552. The zero-order valence-corrected chi connectivity index (χ0v) is 12.9. The van der Waals surface area contributed by atoms with E-state index >= 15 is 0 Å². The number of ether oxygens (including phenoxy) is 1. The van der Waals surface area contributed by atoms with Gasteiger partial charge in [0, 0.05) is 18.4 Å². The summed E-state index contributed by atoms with van der Waals surface area (Å²) < 4.78 is 5.14. The van der Waals surface area contributed by atoms with Crippen molar-refractivity contribution >= 4 is 11.3 Å². The van der Waals surface area contributed by atoms with Crippen molar-refractivity contribution in [1.29, 1.82) is 0 Å². The summed E-state index contributed by atoms with van der Waals surface area (Å²) in [7, 11) is 1.47. The third-order valence-electron chi connectivity index (χ3n) is 3.83. The third-order valence-corrected chi connectivity index (χ3v) is 3.83. The Balaban J connectivity index is 2.16. The van der Waals surface area contributed by atoms with Crippen LogP contribution in [-0.4, -0.2) is 31.7 Å². The molecule has 5 heteroatoms. The number of rotatable bonds is 5. The second-order valence-corrected chi connectivity index (χ2v) is 5.93. The smallest absolute Gasteiger partial charge is 0.310 e. The molecule has 1 N–H and O–H groups in total. The van der Waals surface area contributed by atoms with Crippen LogP contribution in [0.2, 0.25) is 0 Å². The van der Waals surface area contributed by atoms with Crippen molar-refractivity contribution in [2.24, 2.45) is 5.92 Å². The maximum atomic E-state index is 10.9. The molecule has 0 radical (unpaired) electrons. The molecule has 1 atom stereocenters. The number of hydrogen-bond acceptors (Lipinski definition) is 3. The van der Waals surface area contributed by atoms with Crippen molar-refractivity contribution in [3.05, 3.63) is 40.0 Å². The Morgan fingerprint density at radius 3 is 2.71 bits per heavy atom. The molecule has 1 aromatic carbocycles. The molecule has 0 amide bonds. The maximum Gasteiger partial charge on any atom is 0.310 e. The third kappa shape index (κ3) is 3.82. The van der Waals surface area contributed by atoms with Gasteiger partial charge in [0.1, 0.15) is 0 Å². The fourth-order valence-electron chi connectivity index (χ4n) is 2.84. The number of benzene rings is 1. The van der Waals surface area contributed by atoms with Crippen molar-refractivity contribution in [3.63, 3.8) is 0 Å². The van der Waals surface area contributed by atoms with Gasteiger partial charge >= 0.3 is 5.69 Å². The lowest BCUT2D eigenvalue weighted by Crippen LogP contribution is -3.13. The van der Waals surface area contributed by atoms with Gasteiger partial charge in [-0.3, -0.25) is 10.1 Å². The number of nitrogens with one attached hydrogen (secondary N) is 1. The van der Waals surface area contributed by atoms with Gasteiger partial charge in [0.05, 0.1) is 31.7 Å². The highest BCUT2D eigenvalue weighted by molar-refractivity contribution is 5.69. The minimum absolute atomic E-state index is 0.0183. The molecular weight excluding hydrogens is 268 g/mol. The van der Waals surface area contributed by atoms with Gasteiger partial charge in [-0.1, -0.05) is 13.8 Å². The van der Waals surface area contributed by atoms with E-state index in [2.05, 4.69) is 19.9 Å². The number of quaternary nitrogens is 1. The standard InChI is InChI=1S/C16H22N2O3/c1-12(2)11-17-8-6-13(7-9-17)14-4-5-15(18(19)20)16(10-14)21-3/h4-6,10,12H,7-9,11H2,1-3H3/p+1. The molecule has 0 spiro atoms. The number of nitro groups is 1. The summed E-state index contributed by atoms with van der Waals surface area (Å²) in [5, 5.41) is 10.9. The molecule has 21 heavy (non-hydrogen) atoms. The number of nitrogens with zero attached hydrogens (tertiary/aromatic N) is 1. The average molecular weight is 291 g/mol. The first-order valence-corrected chi connectivity index (χ1v) is 7.36. The van der Waals surface area contributed by atoms with Crippen molar-refractivity contribution in [3.8, 4) is 5.75 Å². The van der Waals surface area contributed by atoms with Crippen molar-refractivity contribution in [2.45, 2.75) is 20.3 Å². The lowest BCUT2D eigenvalue weighted by Gasteiger charge is -2.25. The number of hydrogen-bond donors (Lipinski definition) is 1. The highest BCUT2D eigenvalue weighted by Gasteiger charge is 2.20. The van der Waals surface area contributed by atoms with Crippen LogP contribution in [-0.2, 0) is 0 Å². The summed E-state index contributed by atoms with van der Waals surface area (Å²) in [6.07, 6.45) is 3.25. The maximum absolute atomic E-state index is 10.9. The fraction of sp³-hybridized carbons (Fsp3) is 0.500. The average Bonchev–Trinajstić information content (AvgIpc) is 2.46. The first-order valence-electron chi connectivity index (χ1n) is 7.36. The molecule has 0 aliphatic carbocycles. The zero-order valence-electron chi connectivity index (χ0n) is 12.9. The van der Waals surface area contributed by atoms with Crippen LogP contribution in [0.25, 0.3) is 5.57 Å². The summed E-state index contributed by atoms with van der Waals surface area (Å²) in [5.41, 5.74) is 2.31. The lowest BCUT2D eigenvalue weighted by atomic mass is 9.98. The summed E-state index contributed by atoms with van der Waals surface area (Å²) >= 11 is 0. The van der Waals surface area contributed by atoms with Crippen LogP contribution in [0, 0.1) is 16.0 Å². The zero-order chi connectivity index (χ0) is 15.4. The van der Waals surface area contributed by atoms with Crippen molar-refractivity contribution < 1.29 is 14.6 Å². The molecule has 5 nitrogen and oxygen atoms in total. The van der Waals surface area contributed by atoms with Gasteiger partial charge in [-0.2, -0.15) is 0 Å². The predicted molar refractivity (Wildman–Crippen MR) is 82.6 cm³/mol. The van der Waals surface area contributed by atoms with E-state index in [1.54, 1.807) is 11.0 Å². The Morgan fingerprint density at radius 2 is 2.19 bits per heavy atom. The van der Waals surface area contributed by atoms with Gasteiger partial charge in [0.15, 0.2) is 5.75 Å². The van der Waals surface area contributed by atoms with Gasteiger partial charge in [0.25, 0.3) is 0 Å². The van der Waals surface area contributed by atoms with Crippen LogP contribution in [0.15, 0.2) is 24.3 Å². The SMILES string of the molecule is COc1cc(C2=CC[NH+](CC(C)C)CC2)ccc1[N+](=O)[O-]. The molecule has 1 heterocycles. The van der Waals surface area contributed by atoms with Gasteiger partial charge in [-0.05, 0) is 29.3 Å². The van der Waals surface area contributed by atoms with E-state index in [0.717, 1.165) is 25.1 Å². The first kappa shape index (κ1) is 15.5. The van der Waals surface area contributed by atoms with Crippen LogP contribution >= 0.6 is 0 Å². The Morgan fingerprint density at radius 1 is 1.43 bits per heavy atom. The molecule has 1 aromatic rings. The quantitative estimate of drug-likeness (QED) is 0.666. The van der Waals surface area contributed by atoms with E-state index in [1.165, 1.54) is 25.3 Å². The minimum Gasteiger partial charge on any atom is -0.490 e. The Hall–Kier alpha value is -1.88. The summed E-state index contributed by atoms with van der Waals surface area (Å²) in [6.45, 7) is 7.81. The summed E-state index contributed by atoms with van der Waals surface area (Å²) in [4.78, 5) is 12.1. The minimum atomic E-state index is -0.410. The van der Waals surface area contributed by atoms with Crippen LogP contribution < -0.4 is 9.64 Å². The Kier molecular flexibility index (Phi) is 4.96. The van der Waals surface area contributed by atoms with Crippen LogP contribution in [0.1, 0.15) is 25.8 Å². The van der Waals surface area contributed by atoms with E-state index in [4.69, 9.17) is 4.74 Å². The number of methoxy groups -OCH3 is 1. The molecule has 0 bridgehead atoms. The fourth-order valence-corrected chi connectivity index (χ4v) is 2.84. The predicted octanol–water partition coefficient (Wildman–Crippen LogP) is 1.93. The molecule has 0 saturated carbocycles. The van der Waals surface area contributed by atoms with Crippen LogP contribution in [0.3, 0.4) is 0 Å². The normalized spacial score (nSPS) is 18.5. The highest BCUT2D eigenvalue weighted by atomic mass is 16.6. The van der Waals surface area contributed by atoms with Gasteiger partial charge in [0.2, 0.25) is 0 Å². The molecule has 1 aliphatic rings. The Labute approximate surface area is 125 Å². The van der Waals surface area contributed by atoms with Crippen molar-refractivity contribution in [2.75, 3.05) is 26.7 Å².